The summed E-state index contributed by atoms with van der Waals surface area (Å²) in [4.78, 5) is 1.76. The summed E-state index contributed by atoms with van der Waals surface area (Å²) in [5, 5.41) is 9.98. The first-order chi connectivity index (χ1) is 10.1. The van der Waals surface area contributed by atoms with Crippen LogP contribution >= 0.6 is 35.0 Å². The van der Waals surface area contributed by atoms with Crippen LogP contribution in [0.5, 0.6) is 11.5 Å². The van der Waals surface area contributed by atoms with E-state index in [1.807, 2.05) is 24.3 Å². The lowest BCUT2D eigenvalue weighted by atomic mass is 10.2. The zero-order chi connectivity index (χ0) is 15.4. The summed E-state index contributed by atoms with van der Waals surface area (Å²) in [6.45, 7) is -0.139. The fourth-order valence-corrected chi connectivity index (χ4v) is 3.24. The van der Waals surface area contributed by atoms with Crippen LogP contribution in [0.2, 0.25) is 10.0 Å². The van der Waals surface area contributed by atoms with Gasteiger partial charge in [-0.15, -0.1) is 0 Å². The van der Waals surface area contributed by atoms with Crippen LogP contribution in [0.3, 0.4) is 0 Å². The molecule has 0 heterocycles. The number of halogens is 2. The molecule has 21 heavy (non-hydrogen) atoms. The fourth-order valence-electron chi connectivity index (χ4n) is 1.78. The minimum absolute atomic E-state index is 0.139. The summed E-state index contributed by atoms with van der Waals surface area (Å²) in [5.74, 6) is 1.32. The van der Waals surface area contributed by atoms with Crippen LogP contribution in [-0.2, 0) is 6.61 Å². The molecule has 0 unspecified atom stereocenters. The number of rotatable bonds is 5. The smallest absolute Gasteiger partial charge is 0.161 e. The van der Waals surface area contributed by atoms with E-state index in [1.54, 1.807) is 20.3 Å². The van der Waals surface area contributed by atoms with Gasteiger partial charge in [0.2, 0.25) is 0 Å². The molecule has 112 valence electrons. The molecule has 2 aromatic rings. The van der Waals surface area contributed by atoms with Gasteiger partial charge in [0.05, 0.1) is 30.9 Å². The highest BCUT2D eigenvalue weighted by Gasteiger charge is 2.12. The van der Waals surface area contributed by atoms with Crippen LogP contribution in [0, 0.1) is 0 Å². The third kappa shape index (κ3) is 3.58. The Morgan fingerprint density at radius 3 is 2.33 bits per heavy atom. The van der Waals surface area contributed by atoms with Gasteiger partial charge in [-0.25, -0.2) is 0 Å². The Hall–Kier alpha value is -1.07. The molecule has 0 radical (unpaired) electrons. The molecule has 0 fully saturated rings. The van der Waals surface area contributed by atoms with Crippen LogP contribution in [0.1, 0.15) is 5.56 Å². The van der Waals surface area contributed by atoms with Gasteiger partial charge in [0.15, 0.2) is 11.5 Å². The Morgan fingerprint density at radius 1 is 1.00 bits per heavy atom. The van der Waals surface area contributed by atoms with Crippen LogP contribution in [-0.4, -0.2) is 19.3 Å². The van der Waals surface area contributed by atoms with Crippen molar-refractivity contribution >= 4 is 35.0 Å². The predicted molar refractivity (Wildman–Crippen MR) is 86.1 cm³/mol. The molecule has 0 aliphatic rings. The molecule has 3 nitrogen and oxygen atoms in total. The average Bonchev–Trinajstić information content (AvgIpc) is 2.52. The molecule has 6 heteroatoms. The lowest BCUT2D eigenvalue weighted by molar-refractivity contribution is 0.282. The lowest BCUT2D eigenvalue weighted by Crippen LogP contribution is -1.91. The van der Waals surface area contributed by atoms with E-state index >= 15 is 0 Å². The van der Waals surface area contributed by atoms with Gasteiger partial charge in [0.25, 0.3) is 0 Å². The molecule has 2 rings (SSSR count). The van der Waals surface area contributed by atoms with Gasteiger partial charge in [-0.05, 0) is 29.8 Å². The largest absolute Gasteiger partial charge is 0.493 e. The Morgan fingerprint density at radius 2 is 1.71 bits per heavy atom. The third-order valence-corrected chi connectivity index (χ3v) is 4.96. The van der Waals surface area contributed by atoms with Crippen molar-refractivity contribution in [3.63, 3.8) is 0 Å². The van der Waals surface area contributed by atoms with E-state index in [4.69, 9.17) is 37.8 Å². The second-order valence-electron chi connectivity index (χ2n) is 4.13. The molecular weight excluding hydrogens is 331 g/mol. The van der Waals surface area contributed by atoms with E-state index in [9.17, 15) is 0 Å². The molecule has 0 spiro atoms. The minimum atomic E-state index is -0.139. The molecular formula is C15H14Cl2O3S. The highest BCUT2D eigenvalue weighted by Crippen LogP contribution is 2.41. The number of ether oxygens (including phenoxy) is 2. The summed E-state index contributed by atoms with van der Waals surface area (Å²) in [7, 11) is 3.18. The predicted octanol–water partition coefficient (Wildman–Crippen LogP) is 4.65. The monoisotopic (exact) mass is 344 g/mol. The standard InChI is InChI=1S/C15H14Cl2O3S/c1-19-11-5-4-10(7-12(11)20-2)21-13-6-3-9(8-18)14(16)15(13)17/h3-7,18H,8H2,1-2H3. The van der Waals surface area contributed by atoms with E-state index in [1.165, 1.54) is 11.8 Å². The van der Waals surface area contributed by atoms with Gasteiger partial charge < -0.3 is 14.6 Å². The van der Waals surface area contributed by atoms with E-state index < -0.39 is 0 Å². The topological polar surface area (TPSA) is 38.7 Å². The van der Waals surface area contributed by atoms with Crippen LogP contribution < -0.4 is 9.47 Å². The van der Waals surface area contributed by atoms with Crippen LogP contribution in [0.25, 0.3) is 0 Å². The maximum Gasteiger partial charge on any atom is 0.161 e. The molecule has 0 saturated heterocycles. The second-order valence-corrected chi connectivity index (χ2v) is 6.00. The first-order valence-corrected chi connectivity index (χ1v) is 7.65. The molecule has 2 aromatic carbocycles. The highest BCUT2D eigenvalue weighted by molar-refractivity contribution is 7.99. The first kappa shape index (κ1) is 16.3. The highest BCUT2D eigenvalue weighted by atomic mass is 35.5. The summed E-state index contributed by atoms with van der Waals surface area (Å²) >= 11 is 13.8. The van der Waals surface area contributed by atoms with Gasteiger partial charge in [0, 0.05) is 9.79 Å². The van der Waals surface area contributed by atoms with Crippen molar-refractivity contribution in [2.45, 2.75) is 16.4 Å². The van der Waals surface area contributed by atoms with Crippen molar-refractivity contribution in [2.75, 3.05) is 14.2 Å². The Bertz CT molecular complexity index is 647. The van der Waals surface area contributed by atoms with E-state index in [-0.39, 0.29) is 6.61 Å². The first-order valence-electron chi connectivity index (χ1n) is 6.08. The van der Waals surface area contributed by atoms with Crippen molar-refractivity contribution < 1.29 is 14.6 Å². The Labute approximate surface area is 137 Å². The van der Waals surface area contributed by atoms with Crippen molar-refractivity contribution in [3.05, 3.63) is 45.9 Å². The molecule has 1 N–H and O–H groups in total. The van der Waals surface area contributed by atoms with Gasteiger partial charge in [0.1, 0.15) is 0 Å². The SMILES string of the molecule is COc1ccc(Sc2ccc(CO)c(Cl)c2Cl)cc1OC. The van der Waals surface area contributed by atoms with Crippen molar-refractivity contribution in [2.24, 2.45) is 0 Å². The maximum absolute atomic E-state index is 9.17. The molecule has 0 bridgehead atoms. The third-order valence-electron chi connectivity index (χ3n) is 2.88. The minimum Gasteiger partial charge on any atom is -0.493 e. The number of hydrogen-bond acceptors (Lipinski definition) is 4. The Kier molecular flexibility index (Phi) is 5.65. The van der Waals surface area contributed by atoms with Crippen molar-refractivity contribution in [3.8, 4) is 11.5 Å². The Balaban J connectivity index is 2.32. The van der Waals surface area contributed by atoms with Gasteiger partial charge in [-0.2, -0.15) is 0 Å². The zero-order valence-electron chi connectivity index (χ0n) is 11.5. The number of aliphatic hydroxyl groups is 1. The lowest BCUT2D eigenvalue weighted by Gasteiger charge is -2.11. The summed E-state index contributed by atoms with van der Waals surface area (Å²) < 4.78 is 10.5. The van der Waals surface area contributed by atoms with E-state index in [0.717, 1.165) is 9.79 Å². The fraction of sp³-hybridized carbons (Fsp3) is 0.200. The maximum atomic E-state index is 9.17. The molecule has 0 atom stereocenters. The van der Waals surface area contributed by atoms with Crippen LogP contribution in [0.4, 0.5) is 0 Å². The normalized spacial score (nSPS) is 10.5. The van der Waals surface area contributed by atoms with E-state index in [2.05, 4.69) is 0 Å². The van der Waals surface area contributed by atoms with Gasteiger partial charge in [-0.3, -0.25) is 0 Å². The average molecular weight is 345 g/mol. The molecule has 0 aliphatic heterocycles. The molecule has 0 saturated carbocycles. The molecule has 0 aliphatic carbocycles. The molecule has 0 aromatic heterocycles. The number of methoxy groups -OCH3 is 2. The number of aliphatic hydroxyl groups excluding tert-OH is 1. The number of benzene rings is 2. The quantitative estimate of drug-likeness (QED) is 0.856. The van der Waals surface area contributed by atoms with Gasteiger partial charge >= 0.3 is 0 Å². The summed E-state index contributed by atoms with van der Waals surface area (Å²) in [6, 6.07) is 9.21. The van der Waals surface area contributed by atoms with E-state index in [0.29, 0.717) is 27.1 Å². The van der Waals surface area contributed by atoms with Crippen LogP contribution in [0.15, 0.2) is 40.1 Å². The van der Waals surface area contributed by atoms with Crippen molar-refractivity contribution in [1.29, 1.82) is 0 Å². The number of hydrogen-bond donors (Lipinski definition) is 1. The molecule has 0 amide bonds. The summed E-state index contributed by atoms with van der Waals surface area (Å²) in [5.41, 5.74) is 0.610. The second kappa shape index (κ2) is 7.27. The van der Waals surface area contributed by atoms with Gasteiger partial charge in [-0.1, -0.05) is 41.0 Å². The van der Waals surface area contributed by atoms with Crippen molar-refractivity contribution in [1.82, 2.24) is 0 Å². The summed E-state index contributed by atoms with van der Waals surface area (Å²) in [6.07, 6.45) is 0. The zero-order valence-corrected chi connectivity index (χ0v) is 13.9.